The molecule has 1 aromatic carbocycles. The Balaban J connectivity index is 1.57. The Morgan fingerprint density at radius 2 is 1.93 bits per heavy atom. The molecule has 1 amide bonds. The molecule has 1 N–H and O–H groups in total. The highest BCUT2D eigenvalue weighted by Crippen LogP contribution is 2.28. The molecule has 0 aliphatic carbocycles. The summed E-state index contributed by atoms with van der Waals surface area (Å²) in [6.45, 7) is 4.36. The van der Waals surface area contributed by atoms with Gasteiger partial charge in [0.05, 0.1) is 24.3 Å². The molecule has 0 saturated carbocycles. The Morgan fingerprint density at radius 3 is 2.60 bits per heavy atom. The van der Waals surface area contributed by atoms with Gasteiger partial charge in [0.25, 0.3) is 5.69 Å². The van der Waals surface area contributed by atoms with Gasteiger partial charge in [0, 0.05) is 39.3 Å². The number of ether oxygens (including phenoxy) is 1. The molecular weight excluding hydrogens is 392 g/mol. The van der Waals surface area contributed by atoms with Crippen LogP contribution in [0.2, 0.25) is 0 Å². The molecule has 11 heteroatoms. The number of nitrogens with zero attached hydrogens (tertiary/aromatic N) is 5. The predicted octanol–water partition coefficient (Wildman–Crippen LogP) is 1.27. The number of aryl methyl sites for hydroxylation is 1. The Hall–Kier alpha value is -3.47. The van der Waals surface area contributed by atoms with Crippen LogP contribution in [0.3, 0.4) is 0 Å². The van der Waals surface area contributed by atoms with E-state index in [0.29, 0.717) is 31.9 Å². The first-order valence-corrected chi connectivity index (χ1v) is 9.60. The largest absolute Gasteiger partial charge is 0.462 e. The number of nitrogens with one attached hydrogen (secondary N) is 1. The van der Waals surface area contributed by atoms with Gasteiger partial charge in [0.15, 0.2) is 0 Å². The lowest BCUT2D eigenvalue weighted by atomic mass is 10.2. The van der Waals surface area contributed by atoms with Crippen LogP contribution in [0.4, 0.5) is 17.2 Å². The fourth-order valence-electron chi connectivity index (χ4n) is 3.35. The van der Waals surface area contributed by atoms with E-state index in [1.807, 2.05) is 9.80 Å². The van der Waals surface area contributed by atoms with Gasteiger partial charge < -0.3 is 15.0 Å². The van der Waals surface area contributed by atoms with E-state index in [9.17, 15) is 19.7 Å². The molecule has 1 saturated heterocycles. The molecule has 0 bridgehead atoms. The number of esters is 1. The minimum atomic E-state index is -0.543. The maximum absolute atomic E-state index is 12.5. The number of benzene rings is 1. The molecule has 0 spiro atoms. The number of para-hydroxylation sites is 2. The van der Waals surface area contributed by atoms with Crippen LogP contribution in [0, 0.1) is 10.1 Å². The third-order valence-corrected chi connectivity index (χ3v) is 4.85. The topological polar surface area (TPSA) is 123 Å². The summed E-state index contributed by atoms with van der Waals surface area (Å²) in [4.78, 5) is 39.3. The minimum Gasteiger partial charge on any atom is -0.462 e. The second kappa shape index (κ2) is 9.35. The van der Waals surface area contributed by atoms with Gasteiger partial charge >= 0.3 is 5.97 Å². The molecule has 1 fully saturated rings. The van der Waals surface area contributed by atoms with Crippen LogP contribution < -0.4 is 10.2 Å². The van der Waals surface area contributed by atoms with Crippen LogP contribution >= 0.6 is 0 Å². The maximum atomic E-state index is 12.5. The highest BCUT2D eigenvalue weighted by Gasteiger charge is 2.25. The van der Waals surface area contributed by atoms with Crippen molar-refractivity contribution in [1.29, 1.82) is 0 Å². The SMILES string of the molecule is CCOC(=O)c1cnn(C)c1NC(=O)CN1CCN(c2ccccc2[N+](=O)[O-])CC1. The molecule has 2 heterocycles. The maximum Gasteiger partial charge on any atom is 0.343 e. The van der Waals surface area contributed by atoms with Crippen molar-refractivity contribution in [1.82, 2.24) is 14.7 Å². The number of hydrogen-bond acceptors (Lipinski definition) is 8. The van der Waals surface area contributed by atoms with E-state index >= 15 is 0 Å². The number of hydrogen-bond donors (Lipinski definition) is 1. The Bertz CT molecular complexity index is 935. The predicted molar refractivity (Wildman–Crippen MR) is 110 cm³/mol. The van der Waals surface area contributed by atoms with Crippen molar-refractivity contribution >= 4 is 29.1 Å². The summed E-state index contributed by atoms with van der Waals surface area (Å²) < 4.78 is 6.40. The van der Waals surface area contributed by atoms with E-state index < -0.39 is 5.97 Å². The van der Waals surface area contributed by atoms with Crippen LogP contribution in [0.25, 0.3) is 0 Å². The van der Waals surface area contributed by atoms with Gasteiger partial charge in [-0.2, -0.15) is 5.10 Å². The summed E-state index contributed by atoms with van der Waals surface area (Å²) in [5, 5.41) is 18.0. The molecule has 160 valence electrons. The average molecular weight is 416 g/mol. The summed E-state index contributed by atoms with van der Waals surface area (Å²) in [6, 6.07) is 6.65. The standard InChI is InChI=1S/C19H24N6O5/c1-3-30-19(27)14-12-20-22(2)18(14)21-17(26)13-23-8-10-24(11-9-23)15-6-4-5-7-16(15)25(28)29/h4-7,12H,3,8-11,13H2,1-2H3,(H,21,26). The van der Waals surface area contributed by atoms with Gasteiger partial charge in [-0.15, -0.1) is 0 Å². The number of nitro benzene ring substituents is 1. The van der Waals surface area contributed by atoms with E-state index in [0.717, 1.165) is 0 Å². The third-order valence-electron chi connectivity index (χ3n) is 4.85. The Labute approximate surface area is 173 Å². The summed E-state index contributed by atoms with van der Waals surface area (Å²) in [7, 11) is 1.63. The lowest BCUT2D eigenvalue weighted by molar-refractivity contribution is -0.384. The summed E-state index contributed by atoms with van der Waals surface area (Å²) in [5.74, 6) is -0.528. The van der Waals surface area contributed by atoms with Crippen molar-refractivity contribution < 1.29 is 19.2 Å². The van der Waals surface area contributed by atoms with Gasteiger partial charge in [-0.1, -0.05) is 12.1 Å². The number of amides is 1. The first-order valence-electron chi connectivity index (χ1n) is 9.60. The number of anilines is 2. The van der Waals surface area contributed by atoms with Crippen molar-refractivity contribution in [2.45, 2.75) is 6.92 Å². The van der Waals surface area contributed by atoms with Crippen molar-refractivity contribution in [3.63, 3.8) is 0 Å². The highest BCUT2D eigenvalue weighted by molar-refractivity contribution is 6.00. The van der Waals surface area contributed by atoms with Crippen LogP contribution in [0.1, 0.15) is 17.3 Å². The average Bonchev–Trinajstić information content (AvgIpc) is 3.09. The molecule has 0 unspecified atom stereocenters. The van der Waals surface area contributed by atoms with Gasteiger partial charge in [-0.25, -0.2) is 4.79 Å². The first kappa shape index (κ1) is 21.2. The molecule has 1 aliphatic rings. The quantitative estimate of drug-likeness (QED) is 0.407. The highest BCUT2D eigenvalue weighted by atomic mass is 16.6. The molecule has 30 heavy (non-hydrogen) atoms. The lowest BCUT2D eigenvalue weighted by Gasteiger charge is -2.35. The molecule has 0 atom stereocenters. The zero-order valence-corrected chi connectivity index (χ0v) is 16.9. The van der Waals surface area contributed by atoms with Crippen molar-refractivity contribution in [2.24, 2.45) is 7.05 Å². The lowest BCUT2D eigenvalue weighted by Crippen LogP contribution is -2.48. The first-order chi connectivity index (χ1) is 14.4. The Kier molecular flexibility index (Phi) is 6.62. The van der Waals surface area contributed by atoms with E-state index in [1.165, 1.54) is 16.9 Å². The number of piperazine rings is 1. The fraction of sp³-hybridized carbons (Fsp3) is 0.421. The monoisotopic (exact) mass is 416 g/mol. The second-order valence-electron chi connectivity index (χ2n) is 6.81. The molecule has 1 aliphatic heterocycles. The van der Waals surface area contributed by atoms with Crippen molar-refractivity contribution in [3.05, 3.63) is 46.1 Å². The van der Waals surface area contributed by atoms with Gasteiger partial charge in [0.1, 0.15) is 17.1 Å². The summed E-state index contributed by atoms with van der Waals surface area (Å²) >= 11 is 0. The number of aromatic nitrogens is 2. The summed E-state index contributed by atoms with van der Waals surface area (Å²) in [5.41, 5.74) is 0.862. The summed E-state index contributed by atoms with van der Waals surface area (Å²) in [6.07, 6.45) is 1.36. The Morgan fingerprint density at radius 1 is 1.23 bits per heavy atom. The molecule has 2 aromatic rings. The van der Waals surface area contributed by atoms with Gasteiger partial charge in [-0.3, -0.25) is 24.5 Å². The van der Waals surface area contributed by atoms with Crippen LogP contribution in [-0.2, 0) is 16.6 Å². The minimum absolute atomic E-state index is 0.0754. The molecule has 3 rings (SSSR count). The van der Waals surface area contributed by atoms with Crippen molar-refractivity contribution in [2.75, 3.05) is 49.5 Å². The number of rotatable bonds is 7. The molecule has 0 radical (unpaired) electrons. The van der Waals surface area contributed by atoms with E-state index in [1.54, 1.807) is 32.2 Å². The van der Waals surface area contributed by atoms with Gasteiger partial charge in [-0.05, 0) is 13.0 Å². The van der Waals surface area contributed by atoms with Crippen LogP contribution in [0.5, 0.6) is 0 Å². The van der Waals surface area contributed by atoms with Crippen LogP contribution in [-0.4, -0.2) is 70.8 Å². The van der Waals surface area contributed by atoms with E-state index in [4.69, 9.17) is 4.74 Å². The van der Waals surface area contributed by atoms with E-state index in [-0.39, 0.29) is 41.1 Å². The molecular formula is C19H24N6O5. The normalized spacial score (nSPS) is 14.4. The zero-order chi connectivity index (χ0) is 21.7. The third kappa shape index (κ3) is 4.74. The number of carbonyl (C=O) groups excluding carboxylic acids is 2. The van der Waals surface area contributed by atoms with Gasteiger partial charge in [0.2, 0.25) is 5.91 Å². The second-order valence-corrected chi connectivity index (χ2v) is 6.81. The van der Waals surface area contributed by atoms with Crippen molar-refractivity contribution in [3.8, 4) is 0 Å². The zero-order valence-electron chi connectivity index (χ0n) is 16.9. The van der Waals surface area contributed by atoms with Crippen LogP contribution in [0.15, 0.2) is 30.5 Å². The smallest absolute Gasteiger partial charge is 0.343 e. The molecule has 11 nitrogen and oxygen atoms in total. The molecule has 1 aromatic heterocycles. The number of carbonyl (C=O) groups is 2. The fourth-order valence-corrected chi connectivity index (χ4v) is 3.35. The van der Waals surface area contributed by atoms with E-state index in [2.05, 4.69) is 10.4 Å². The number of nitro groups is 1.